The fraction of sp³-hybridized carbons (Fsp3) is 0.385. The Morgan fingerprint density at radius 3 is 2.60 bits per heavy atom. The van der Waals surface area contributed by atoms with Crippen molar-refractivity contribution in [3.8, 4) is 6.07 Å². The predicted molar refractivity (Wildman–Crippen MR) is 73.2 cm³/mol. The molecule has 1 N–H and O–H groups in total. The molecular weight excluding hydrogens is 280 g/mol. The van der Waals surface area contributed by atoms with Crippen LogP contribution in [-0.4, -0.2) is 37.4 Å². The fourth-order valence-electron chi connectivity index (χ4n) is 1.64. The topological polar surface area (TPSA) is 98.5 Å². The Hall–Kier alpha value is -1.91. The molecule has 0 heterocycles. The Labute approximate surface area is 118 Å². The molecule has 0 aromatic heterocycles. The SMILES string of the molecule is CC(CN(C)S(=O)(=O)Cc1ccccc1C#N)C(=O)O. The van der Waals surface area contributed by atoms with Crippen molar-refractivity contribution in [1.82, 2.24) is 4.31 Å². The lowest BCUT2D eigenvalue weighted by Crippen LogP contribution is -2.34. The van der Waals surface area contributed by atoms with Gasteiger partial charge in [0.15, 0.2) is 0 Å². The van der Waals surface area contributed by atoms with E-state index in [1.165, 1.54) is 14.0 Å². The van der Waals surface area contributed by atoms with Gasteiger partial charge in [-0.1, -0.05) is 25.1 Å². The second-order valence-electron chi connectivity index (χ2n) is 4.54. The fourth-order valence-corrected chi connectivity index (χ4v) is 2.96. The summed E-state index contributed by atoms with van der Waals surface area (Å²) in [5.41, 5.74) is 0.709. The Morgan fingerprint density at radius 1 is 1.45 bits per heavy atom. The van der Waals surface area contributed by atoms with Crippen LogP contribution >= 0.6 is 0 Å². The number of rotatable bonds is 6. The van der Waals surface area contributed by atoms with Crippen LogP contribution in [0.3, 0.4) is 0 Å². The first-order chi connectivity index (χ1) is 9.27. The number of benzene rings is 1. The molecule has 0 aliphatic carbocycles. The lowest BCUT2D eigenvalue weighted by molar-refractivity contribution is -0.141. The van der Waals surface area contributed by atoms with Gasteiger partial charge in [0.2, 0.25) is 10.0 Å². The molecule has 7 heteroatoms. The number of nitrogens with zero attached hydrogens (tertiary/aromatic N) is 2. The molecule has 1 unspecified atom stereocenters. The molecule has 1 rings (SSSR count). The molecule has 1 atom stereocenters. The minimum absolute atomic E-state index is 0.105. The molecule has 20 heavy (non-hydrogen) atoms. The van der Waals surface area contributed by atoms with Gasteiger partial charge in [-0.15, -0.1) is 0 Å². The molecule has 1 aromatic rings. The predicted octanol–water partition coefficient (Wildman–Crippen LogP) is 1.04. The molecule has 1 aromatic carbocycles. The first kappa shape index (κ1) is 16.1. The minimum Gasteiger partial charge on any atom is -0.481 e. The molecule has 0 spiro atoms. The second kappa shape index (κ2) is 6.50. The lowest BCUT2D eigenvalue weighted by atomic mass is 10.1. The molecule has 0 fully saturated rings. The van der Waals surface area contributed by atoms with Gasteiger partial charge in [0, 0.05) is 13.6 Å². The number of sulfonamides is 1. The highest BCUT2D eigenvalue weighted by atomic mass is 32.2. The summed E-state index contributed by atoms with van der Waals surface area (Å²) in [6.07, 6.45) is 0. The molecular formula is C13H16N2O4S. The quantitative estimate of drug-likeness (QED) is 0.845. The summed E-state index contributed by atoms with van der Waals surface area (Å²) in [7, 11) is -2.32. The number of carboxylic acid groups (broad SMARTS) is 1. The summed E-state index contributed by atoms with van der Waals surface area (Å²) in [6.45, 7) is 1.34. The summed E-state index contributed by atoms with van der Waals surface area (Å²) in [4.78, 5) is 10.8. The number of carbonyl (C=O) groups is 1. The zero-order chi connectivity index (χ0) is 15.3. The van der Waals surface area contributed by atoms with Gasteiger partial charge in [-0.05, 0) is 11.6 Å². The molecule has 0 bridgehead atoms. The van der Waals surface area contributed by atoms with Crippen molar-refractivity contribution >= 4 is 16.0 Å². The molecule has 0 saturated heterocycles. The van der Waals surface area contributed by atoms with Crippen LogP contribution < -0.4 is 0 Å². The van der Waals surface area contributed by atoms with Gasteiger partial charge in [0.1, 0.15) is 0 Å². The van der Waals surface area contributed by atoms with Gasteiger partial charge in [-0.25, -0.2) is 12.7 Å². The molecule has 0 saturated carbocycles. The second-order valence-corrected chi connectivity index (χ2v) is 6.62. The summed E-state index contributed by atoms with van der Waals surface area (Å²) in [6, 6.07) is 8.38. The Balaban J connectivity index is 2.90. The Kier molecular flexibility index (Phi) is 5.25. The zero-order valence-electron chi connectivity index (χ0n) is 11.3. The average Bonchev–Trinajstić information content (AvgIpc) is 2.38. The van der Waals surface area contributed by atoms with Crippen molar-refractivity contribution < 1.29 is 18.3 Å². The minimum atomic E-state index is -3.66. The van der Waals surface area contributed by atoms with Crippen molar-refractivity contribution in [1.29, 1.82) is 5.26 Å². The highest BCUT2D eigenvalue weighted by Gasteiger charge is 2.24. The number of carboxylic acids is 1. The van der Waals surface area contributed by atoms with Crippen molar-refractivity contribution in [2.75, 3.05) is 13.6 Å². The smallest absolute Gasteiger partial charge is 0.307 e. The van der Waals surface area contributed by atoms with Gasteiger partial charge in [-0.3, -0.25) is 4.79 Å². The molecule has 0 aliphatic rings. The molecule has 108 valence electrons. The zero-order valence-corrected chi connectivity index (χ0v) is 12.1. The van der Waals surface area contributed by atoms with E-state index in [-0.39, 0.29) is 12.3 Å². The maximum absolute atomic E-state index is 12.1. The van der Waals surface area contributed by atoms with Crippen LogP contribution in [0.1, 0.15) is 18.1 Å². The van der Waals surface area contributed by atoms with Gasteiger partial charge in [0.25, 0.3) is 0 Å². The normalized spacial score (nSPS) is 12.9. The third-order valence-electron chi connectivity index (χ3n) is 2.90. The van der Waals surface area contributed by atoms with Crippen LogP contribution in [0.15, 0.2) is 24.3 Å². The van der Waals surface area contributed by atoms with Gasteiger partial charge in [0.05, 0.1) is 23.3 Å². The van der Waals surface area contributed by atoms with E-state index in [0.29, 0.717) is 11.1 Å². The van der Waals surface area contributed by atoms with Crippen molar-refractivity contribution in [2.45, 2.75) is 12.7 Å². The molecule has 0 radical (unpaired) electrons. The Bertz CT molecular complexity index is 634. The molecule has 6 nitrogen and oxygen atoms in total. The summed E-state index contributed by atoms with van der Waals surface area (Å²) >= 11 is 0. The van der Waals surface area contributed by atoms with Gasteiger partial charge in [-0.2, -0.15) is 5.26 Å². The van der Waals surface area contributed by atoms with E-state index < -0.39 is 21.9 Å². The van der Waals surface area contributed by atoms with E-state index in [1.807, 2.05) is 6.07 Å². The van der Waals surface area contributed by atoms with Crippen molar-refractivity contribution in [2.24, 2.45) is 5.92 Å². The third kappa shape index (κ3) is 4.05. The van der Waals surface area contributed by atoms with Crippen LogP contribution in [0.5, 0.6) is 0 Å². The van der Waals surface area contributed by atoms with E-state index in [9.17, 15) is 13.2 Å². The van der Waals surface area contributed by atoms with Crippen LogP contribution in [0.4, 0.5) is 0 Å². The highest BCUT2D eigenvalue weighted by Crippen LogP contribution is 2.15. The van der Waals surface area contributed by atoms with Crippen molar-refractivity contribution in [3.05, 3.63) is 35.4 Å². The third-order valence-corrected chi connectivity index (χ3v) is 4.68. The highest BCUT2D eigenvalue weighted by molar-refractivity contribution is 7.88. The maximum atomic E-state index is 12.1. The van der Waals surface area contributed by atoms with Gasteiger partial charge >= 0.3 is 5.97 Å². The number of nitriles is 1. The first-order valence-corrected chi connectivity index (χ1v) is 7.53. The lowest BCUT2D eigenvalue weighted by Gasteiger charge is -2.19. The van der Waals surface area contributed by atoms with Crippen molar-refractivity contribution in [3.63, 3.8) is 0 Å². The number of hydrogen-bond acceptors (Lipinski definition) is 4. The van der Waals surface area contributed by atoms with E-state index in [4.69, 9.17) is 10.4 Å². The van der Waals surface area contributed by atoms with Crippen LogP contribution in [-0.2, 0) is 20.6 Å². The monoisotopic (exact) mass is 296 g/mol. The standard InChI is InChI=1S/C13H16N2O4S/c1-10(13(16)17)8-15(2)20(18,19)9-12-6-4-3-5-11(12)7-14/h3-6,10H,8-9H2,1-2H3,(H,16,17). The molecule has 0 amide bonds. The first-order valence-electron chi connectivity index (χ1n) is 5.92. The average molecular weight is 296 g/mol. The summed E-state index contributed by atoms with van der Waals surface area (Å²) in [5.74, 6) is -2.16. The van der Waals surface area contributed by atoms with E-state index in [0.717, 1.165) is 4.31 Å². The number of aliphatic carboxylic acids is 1. The number of hydrogen-bond donors (Lipinski definition) is 1. The Morgan fingerprint density at radius 2 is 2.05 bits per heavy atom. The van der Waals surface area contributed by atoms with E-state index in [1.54, 1.807) is 24.3 Å². The van der Waals surface area contributed by atoms with E-state index in [2.05, 4.69) is 0 Å². The summed E-state index contributed by atoms with van der Waals surface area (Å²) < 4.78 is 25.3. The molecule has 0 aliphatic heterocycles. The van der Waals surface area contributed by atoms with Crippen LogP contribution in [0.2, 0.25) is 0 Å². The van der Waals surface area contributed by atoms with Crippen LogP contribution in [0.25, 0.3) is 0 Å². The van der Waals surface area contributed by atoms with Gasteiger partial charge < -0.3 is 5.11 Å². The van der Waals surface area contributed by atoms with E-state index >= 15 is 0 Å². The maximum Gasteiger partial charge on any atom is 0.307 e. The van der Waals surface area contributed by atoms with Crippen LogP contribution in [0, 0.1) is 17.2 Å². The largest absolute Gasteiger partial charge is 0.481 e. The summed E-state index contributed by atoms with van der Waals surface area (Å²) in [5, 5.41) is 17.7.